The van der Waals surface area contributed by atoms with E-state index in [1.807, 2.05) is 44.6 Å². The summed E-state index contributed by atoms with van der Waals surface area (Å²) < 4.78 is 0.222. The second-order valence-electron chi connectivity index (χ2n) is 2.83. The van der Waals surface area contributed by atoms with Gasteiger partial charge in [-0.2, -0.15) is 37.0 Å². The molecule has 0 fully saturated rings. The van der Waals surface area contributed by atoms with Gasteiger partial charge >= 0.3 is 0 Å². The van der Waals surface area contributed by atoms with E-state index < -0.39 is 0 Å². The second kappa shape index (κ2) is 15.0. The van der Waals surface area contributed by atoms with Gasteiger partial charge in [0.1, 0.15) is 5.75 Å². The maximum Gasteiger partial charge on any atom is 0.118 e. The van der Waals surface area contributed by atoms with Crippen LogP contribution in [0.5, 0.6) is 5.75 Å². The van der Waals surface area contributed by atoms with E-state index in [0.29, 0.717) is 5.75 Å². The summed E-state index contributed by atoms with van der Waals surface area (Å²) >= 11 is 9.41. The Balaban J connectivity index is -0.000000182. The number of phenolic OH excluding ortho intramolecular Hbond substituents is 1. The Kier molecular flexibility index (Phi) is 20.0. The van der Waals surface area contributed by atoms with Gasteiger partial charge in [0.25, 0.3) is 0 Å². The number of hydrogen-bond acceptors (Lipinski definition) is 4. The number of thiol groups is 2. The summed E-state index contributed by atoms with van der Waals surface area (Å²) in [6.07, 6.45) is 4.08. The van der Waals surface area contributed by atoms with Crippen LogP contribution in [-0.4, -0.2) is 22.2 Å². The van der Waals surface area contributed by atoms with Crippen LogP contribution in [0.3, 0.4) is 0 Å². The predicted octanol–water partition coefficient (Wildman–Crippen LogP) is 4.02. The van der Waals surface area contributed by atoms with Crippen molar-refractivity contribution in [3.05, 3.63) is 29.8 Å². The van der Waals surface area contributed by atoms with Crippen molar-refractivity contribution in [3.63, 3.8) is 0 Å². The molecule has 0 aliphatic carbocycles. The molecule has 0 aliphatic heterocycles. The molecule has 0 atom stereocenters. The summed E-state index contributed by atoms with van der Waals surface area (Å²) in [5.41, 5.74) is 0.924. The zero-order valence-corrected chi connectivity index (χ0v) is 12.7. The number of halogens is 1. The molecule has 0 bridgehead atoms. The maximum atomic E-state index is 8.92. The van der Waals surface area contributed by atoms with Crippen LogP contribution in [0, 0.1) is 6.92 Å². The van der Waals surface area contributed by atoms with Crippen LogP contribution in [-0.2, 0) is 0 Å². The highest BCUT2D eigenvalue weighted by Gasteiger charge is 1.86. The average molecular weight is 284 g/mol. The second-order valence-corrected chi connectivity index (χ2v) is 5.60. The number of phenols is 1. The molecule has 96 valence electrons. The van der Waals surface area contributed by atoms with Crippen molar-refractivity contribution in [2.75, 3.05) is 12.5 Å². The van der Waals surface area contributed by atoms with Crippen molar-refractivity contribution in [2.45, 2.75) is 18.4 Å². The summed E-state index contributed by atoms with van der Waals surface area (Å²) in [6, 6.07) is 7.25. The smallest absolute Gasteiger partial charge is 0.118 e. The lowest BCUT2D eigenvalue weighted by molar-refractivity contribution is 0.471. The topological polar surface area (TPSA) is 20.2 Å². The van der Waals surface area contributed by atoms with Crippen molar-refractivity contribution < 1.29 is 9.81 Å². The Hall–Kier alpha value is -0.000000000000000222. The van der Waals surface area contributed by atoms with Gasteiger partial charge in [0, 0.05) is 4.58 Å². The Morgan fingerprint density at radius 2 is 1.50 bits per heavy atom. The van der Waals surface area contributed by atoms with Gasteiger partial charge in [-0.15, -0.1) is 0 Å². The molecular weight excluding hydrogens is 263 g/mol. The molecule has 0 heterocycles. The number of aromatic hydroxyl groups is 1. The lowest BCUT2D eigenvalue weighted by Crippen LogP contribution is -1.68. The predicted molar refractivity (Wildman–Crippen MR) is 82.2 cm³/mol. The fraction of sp³-hybridized carbons (Fsp3) is 0.455. The van der Waals surface area contributed by atoms with E-state index >= 15 is 0 Å². The fourth-order valence-corrected chi connectivity index (χ4v) is 0.563. The summed E-state index contributed by atoms with van der Waals surface area (Å²) in [5, 5.41) is 8.92. The normalized spacial score (nSPS) is 7.94. The number of thioether (sulfide) groups is 1. The van der Waals surface area contributed by atoms with Crippen LogP contribution in [0.4, 0.5) is 4.70 Å². The van der Waals surface area contributed by atoms with Crippen molar-refractivity contribution in [2.24, 2.45) is 0 Å². The molecule has 1 N–H and O–H groups in total. The van der Waals surface area contributed by atoms with Gasteiger partial charge in [-0.05, 0) is 38.0 Å². The van der Waals surface area contributed by atoms with Crippen LogP contribution < -0.4 is 0 Å². The van der Waals surface area contributed by atoms with Crippen LogP contribution in [0.2, 0.25) is 0 Å². The molecule has 0 spiro atoms. The number of para-hydroxylation sites is 1. The van der Waals surface area contributed by atoms with Gasteiger partial charge in [-0.25, -0.2) is 0 Å². The first kappa shape index (κ1) is 21.3. The number of hydrogen-bond donors (Lipinski definition) is 3. The zero-order valence-electron chi connectivity index (χ0n) is 10.0. The first-order valence-corrected chi connectivity index (χ1v) is 7.13. The van der Waals surface area contributed by atoms with Crippen LogP contribution in [0.1, 0.15) is 12.5 Å². The Labute approximate surface area is 113 Å². The van der Waals surface area contributed by atoms with Crippen molar-refractivity contribution >= 4 is 37.0 Å². The molecule has 0 radical (unpaired) electrons. The highest BCUT2D eigenvalue weighted by Crippen LogP contribution is 2.12. The van der Waals surface area contributed by atoms with Gasteiger partial charge in [0.15, 0.2) is 0 Å². The molecule has 5 heteroatoms. The van der Waals surface area contributed by atoms with Gasteiger partial charge in [-0.3, -0.25) is 4.70 Å². The number of benzene rings is 1. The number of aryl methyl sites for hydroxylation is 1. The van der Waals surface area contributed by atoms with E-state index in [0.717, 1.165) is 5.56 Å². The minimum atomic E-state index is 0. The maximum absolute atomic E-state index is 8.92. The van der Waals surface area contributed by atoms with E-state index in [9.17, 15) is 0 Å². The number of rotatable bonds is 0. The summed E-state index contributed by atoms with van der Waals surface area (Å²) in [5.74, 6) is 0.368. The third kappa shape index (κ3) is 19.6. The first-order chi connectivity index (χ1) is 6.95. The summed E-state index contributed by atoms with van der Waals surface area (Å²) in [6.45, 7) is 3.77. The summed E-state index contributed by atoms with van der Waals surface area (Å²) in [4.78, 5) is 0. The van der Waals surface area contributed by atoms with Gasteiger partial charge in [-0.1, -0.05) is 18.2 Å². The van der Waals surface area contributed by atoms with E-state index in [1.165, 1.54) is 0 Å². The molecule has 16 heavy (non-hydrogen) atoms. The molecule has 0 amide bonds. The van der Waals surface area contributed by atoms with Gasteiger partial charge in [0.2, 0.25) is 0 Å². The minimum absolute atomic E-state index is 0. The van der Waals surface area contributed by atoms with Gasteiger partial charge < -0.3 is 5.11 Å². The quantitative estimate of drug-likeness (QED) is 0.494. The lowest BCUT2D eigenvalue weighted by Gasteiger charge is -1.92. The fourth-order valence-electron chi connectivity index (χ4n) is 0.563. The monoisotopic (exact) mass is 284 g/mol. The Morgan fingerprint density at radius 1 is 1.19 bits per heavy atom. The zero-order chi connectivity index (χ0) is 12.3. The standard InChI is InChI=1S/C7H8O.C2H6S2.C2H6S.FH/c1-6-4-2-3-5-7(6)8;1-2(3)4;1-3-2;/h2-5,8H,1H3;2-4H,1H3;1-2H3;1H. The molecule has 1 aromatic carbocycles. The molecule has 0 saturated heterocycles. The Bertz CT molecular complexity index is 221. The third-order valence-electron chi connectivity index (χ3n) is 1.12. The highest BCUT2D eigenvalue weighted by molar-refractivity contribution is 7.99. The molecule has 1 rings (SSSR count). The van der Waals surface area contributed by atoms with Gasteiger partial charge in [0.05, 0.1) is 0 Å². The molecule has 0 saturated carbocycles. The van der Waals surface area contributed by atoms with Crippen LogP contribution in [0.25, 0.3) is 0 Å². The van der Waals surface area contributed by atoms with E-state index in [-0.39, 0.29) is 9.29 Å². The van der Waals surface area contributed by atoms with Crippen LogP contribution >= 0.6 is 37.0 Å². The molecular formula is C11H21FOS3. The first-order valence-electron chi connectivity index (χ1n) is 4.46. The average Bonchev–Trinajstić information content (AvgIpc) is 2.10. The molecule has 0 aliphatic rings. The summed E-state index contributed by atoms with van der Waals surface area (Å²) in [7, 11) is 0. The SMILES string of the molecule is CC(S)S.CSC.Cc1ccccc1O.F. The Morgan fingerprint density at radius 3 is 1.69 bits per heavy atom. The molecule has 0 aromatic heterocycles. The minimum Gasteiger partial charge on any atom is -0.508 e. The van der Waals surface area contributed by atoms with E-state index in [2.05, 4.69) is 25.3 Å². The lowest BCUT2D eigenvalue weighted by atomic mass is 10.2. The van der Waals surface area contributed by atoms with Crippen molar-refractivity contribution in [1.29, 1.82) is 0 Å². The van der Waals surface area contributed by atoms with Crippen LogP contribution in [0.15, 0.2) is 24.3 Å². The van der Waals surface area contributed by atoms with E-state index in [1.54, 1.807) is 17.8 Å². The molecule has 0 unspecified atom stereocenters. The third-order valence-corrected chi connectivity index (χ3v) is 1.12. The molecule has 1 nitrogen and oxygen atoms in total. The van der Waals surface area contributed by atoms with Crippen molar-refractivity contribution in [1.82, 2.24) is 0 Å². The molecule has 1 aromatic rings. The highest BCUT2D eigenvalue weighted by atomic mass is 32.2. The van der Waals surface area contributed by atoms with E-state index in [4.69, 9.17) is 5.11 Å². The van der Waals surface area contributed by atoms with Crippen molar-refractivity contribution in [3.8, 4) is 5.75 Å². The largest absolute Gasteiger partial charge is 0.508 e.